The van der Waals surface area contributed by atoms with Crippen molar-refractivity contribution >= 4 is 158 Å². The van der Waals surface area contributed by atoms with Gasteiger partial charge in [-0.05, 0) is 126 Å². The Hall–Kier alpha value is -11.5. The van der Waals surface area contributed by atoms with Crippen molar-refractivity contribution in [2.75, 3.05) is 38.0 Å². The molecule has 10 N–H and O–H groups in total. The quantitative estimate of drug-likeness (QED) is 0.00511. The van der Waals surface area contributed by atoms with Crippen LogP contribution in [0.2, 0.25) is 0 Å². The number of carbonyl (C=O) groups is 1. The largest absolute Gasteiger partial charge is 0.507 e. The topological polar surface area (TPSA) is 544 Å². The average molecular weight is 1420 g/mol. The molecule has 0 radical (unpaired) electrons. The van der Waals surface area contributed by atoms with Gasteiger partial charge in [-0.3, -0.25) is 33.1 Å². The number of phenols is 4. The third kappa shape index (κ3) is 14.9. The first-order valence-corrected chi connectivity index (χ1v) is 33.3. The van der Waals surface area contributed by atoms with Crippen molar-refractivity contribution in [2.45, 2.75) is 26.5 Å². The summed E-state index contributed by atoms with van der Waals surface area (Å²) in [6, 6.07) is 26.1. The Morgan fingerprint density at radius 2 is 1.02 bits per heavy atom. The molecule has 0 aliphatic heterocycles. The Balaban J connectivity index is 0.975. The number of anilines is 1. The normalized spacial score (nSPS) is 12.6. The first-order chi connectivity index (χ1) is 46.4. The lowest BCUT2D eigenvalue weighted by atomic mass is 10.0. The van der Waals surface area contributed by atoms with Gasteiger partial charge in [-0.25, -0.2) is 0 Å². The summed E-state index contributed by atoms with van der Waals surface area (Å²) in [6.45, 7) is -0.0938. The molecule has 0 saturated carbocycles. The lowest BCUT2D eigenvalue weighted by molar-refractivity contribution is -0.385. The van der Waals surface area contributed by atoms with Gasteiger partial charge in [0.1, 0.15) is 49.7 Å². The summed E-state index contributed by atoms with van der Waals surface area (Å²) < 4.78 is 148. The Bertz CT molecular complexity index is 5610. The average Bonchev–Trinajstić information content (AvgIpc) is 0.778. The lowest BCUT2D eigenvalue weighted by Gasteiger charge is -2.25. The Labute approximate surface area is 550 Å². The number of nitro groups is 1. The Morgan fingerprint density at radius 1 is 0.480 bits per heavy atom. The van der Waals surface area contributed by atoms with Crippen molar-refractivity contribution in [3.05, 3.63) is 149 Å². The Morgan fingerprint density at radius 3 is 1.68 bits per heavy atom. The molecule has 0 atom stereocenters. The van der Waals surface area contributed by atoms with Crippen LogP contribution in [0.1, 0.15) is 5.56 Å². The maximum Gasteiger partial charge on any atom is 0.297 e. The predicted molar refractivity (Wildman–Crippen MR) is 346 cm³/mol. The van der Waals surface area contributed by atoms with Crippen molar-refractivity contribution in [1.82, 2.24) is 0 Å². The van der Waals surface area contributed by atoms with Gasteiger partial charge in [-0.15, -0.1) is 35.8 Å². The van der Waals surface area contributed by atoms with Gasteiger partial charge in [-0.2, -0.15) is 49.0 Å². The molecule has 39 heteroatoms. The fourth-order valence-corrected chi connectivity index (χ4v) is 12.2. The number of hydrogen-bond acceptors (Lipinski definition) is 30. The highest BCUT2D eigenvalue weighted by atomic mass is 32.2. The molecular formula is C59H46N12O23S4. The molecule has 0 heterocycles. The molecule has 0 spiro atoms. The zero-order chi connectivity index (χ0) is 70.8. The van der Waals surface area contributed by atoms with Crippen LogP contribution in [0, 0.1) is 17.0 Å². The minimum absolute atomic E-state index is 0.00612. The van der Waals surface area contributed by atoms with Crippen LogP contribution in [0.4, 0.5) is 68.2 Å². The molecule has 504 valence electrons. The van der Waals surface area contributed by atoms with E-state index in [9.17, 15) is 97.4 Å². The van der Waals surface area contributed by atoms with Gasteiger partial charge in [0.15, 0.2) is 23.0 Å². The SMILES string of the molecule is Cc1cc(N=Nc2c(S(=O)(=O)O)cc3ccc(N=Nc4c(N(CCO)CCO)ccc5c(O)c(N=Nc6ccc7c(O)c(N=Nc8ccc([N+](=O)[O-])cc8S(=O)(=O)O)ccc7c6)ccc45)cc3c2O)c(OCOC=O)cc1N=Nc1cc(S(=O)(=O)O)cc2cc(S(=O)(=O)O)cc(O)c12. The second-order valence-corrected chi connectivity index (χ2v) is 26.3. The molecule has 35 nitrogen and oxygen atoms in total. The summed E-state index contributed by atoms with van der Waals surface area (Å²) >= 11 is 0. The number of non-ortho nitro benzene ring substituents is 1. The second kappa shape index (κ2) is 27.7. The van der Waals surface area contributed by atoms with Crippen molar-refractivity contribution < 1.29 is 102 Å². The van der Waals surface area contributed by atoms with Crippen LogP contribution in [0.5, 0.6) is 28.7 Å². The number of aliphatic hydroxyl groups excluding tert-OH is 2. The summed E-state index contributed by atoms with van der Waals surface area (Å²) in [7, 11) is -20.2. The number of rotatable bonds is 24. The van der Waals surface area contributed by atoms with E-state index in [4.69, 9.17) is 4.74 Å². The van der Waals surface area contributed by atoms with E-state index in [1.807, 2.05) is 0 Å². The molecule has 0 saturated heterocycles. The van der Waals surface area contributed by atoms with Crippen molar-refractivity contribution in [1.29, 1.82) is 0 Å². The predicted octanol–water partition coefficient (Wildman–Crippen LogP) is 12.7. The van der Waals surface area contributed by atoms with Crippen LogP contribution < -0.4 is 9.64 Å². The number of benzene rings is 10. The van der Waals surface area contributed by atoms with Crippen LogP contribution in [0.15, 0.2) is 204 Å². The van der Waals surface area contributed by atoms with Gasteiger partial charge in [-0.1, -0.05) is 12.1 Å². The fourth-order valence-electron chi connectivity index (χ4n) is 9.83. The van der Waals surface area contributed by atoms with Gasteiger partial charge >= 0.3 is 0 Å². The van der Waals surface area contributed by atoms with E-state index >= 15 is 0 Å². The molecule has 10 rings (SSSR count). The number of ether oxygens (including phenoxy) is 2. The number of hydrogen-bond donors (Lipinski definition) is 10. The van der Waals surface area contributed by atoms with Crippen molar-refractivity contribution in [3.8, 4) is 28.7 Å². The van der Waals surface area contributed by atoms with E-state index in [1.54, 1.807) is 4.90 Å². The first kappa shape index (κ1) is 69.3. The number of phenolic OH excluding ortho intramolecular Hbond substituents is 4. The van der Waals surface area contributed by atoms with Gasteiger partial charge in [0.05, 0.1) is 61.8 Å². The number of carbonyl (C=O) groups excluding carboxylic acids is 1. The highest BCUT2D eigenvalue weighted by Gasteiger charge is 2.26. The minimum atomic E-state index is -5.22. The smallest absolute Gasteiger partial charge is 0.297 e. The fraction of sp³-hybridized carbons (Fsp3) is 0.102. The molecule has 98 heavy (non-hydrogen) atoms. The van der Waals surface area contributed by atoms with Crippen LogP contribution in [0.25, 0.3) is 43.1 Å². The molecule has 0 aliphatic carbocycles. The highest BCUT2D eigenvalue weighted by molar-refractivity contribution is 7.86. The monoisotopic (exact) mass is 1420 g/mol. The molecular weight excluding hydrogens is 1370 g/mol. The molecule has 0 aromatic heterocycles. The molecule has 10 aromatic carbocycles. The van der Waals surface area contributed by atoms with Gasteiger partial charge in [0, 0.05) is 58.9 Å². The summed E-state index contributed by atoms with van der Waals surface area (Å²) in [5.74, 6) is -2.79. The maximum absolute atomic E-state index is 13.0. The number of aryl methyl sites for hydroxylation is 1. The van der Waals surface area contributed by atoms with Crippen LogP contribution in [-0.4, -0.2) is 127 Å². The molecule has 10 aromatic rings. The summed E-state index contributed by atoms with van der Waals surface area (Å²) in [4.78, 5) is 19.6. The van der Waals surface area contributed by atoms with E-state index in [2.05, 4.69) is 55.9 Å². The van der Waals surface area contributed by atoms with E-state index < -0.39 is 112 Å². The van der Waals surface area contributed by atoms with E-state index in [0.717, 1.165) is 42.5 Å². The molecule has 0 bridgehead atoms. The number of aliphatic hydroxyl groups is 2. The Kier molecular flexibility index (Phi) is 19.6. The summed E-state index contributed by atoms with van der Waals surface area (Å²) in [5, 5.41) is 119. The van der Waals surface area contributed by atoms with E-state index in [-0.39, 0.29) is 127 Å². The minimum Gasteiger partial charge on any atom is -0.507 e. The molecule has 0 fully saturated rings. The van der Waals surface area contributed by atoms with E-state index in [0.29, 0.717) is 23.2 Å². The van der Waals surface area contributed by atoms with Gasteiger partial charge in [0.2, 0.25) is 6.79 Å². The highest BCUT2D eigenvalue weighted by Crippen LogP contribution is 2.48. The summed E-state index contributed by atoms with van der Waals surface area (Å²) in [5.41, 5.74) is -2.11. The zero-order valence-electron chi connectivity index (χ0n) is 49.6. The maximum atomic E-state index is 13.0. The van der Waals surface area contributed by atoms with Crippen molar-refractivity contribution in [2.24, 2.45) is 51.1 Å². The third-order valence-corrected chi connectivity index (χ3v) is 17.8. The number of nitrogens with zero attached hydrogens (tertiary/aromatic N) is 12. The zero-order valence-corrected chi connectivity index (χ0v) is 52.9. The van der Waals surface area contributed by atoms with Crippen LogP contribution >= 0.6 is 0 Å². The molecule has 0 unspecified atom stereocenters. The van der Waals surface area contributed by atoms with Crippen LogP contribution in [-0.2, 0) is 50.0 Å². The van der Waals surface area contributed by atoms with Crippen LogP contribution in [0.3, 0.4) is 0 Å². The number of nitro benzene ring substituents is 1. The number of aromatic hydroxyl groups is 4. The van der Waals surface area contributed by atoms with E-state index in [1.165, 1.54) is 85.8 Å². The van der Waals surface area contributed by atoms with Crippen molar-refractivity contribution in [3.63, 3.8) is 0 Å². The molecule has 0 aliphatic rings. The number of fused-ring (bicyclic) bond motifs is 4. The summed E-state index contributed by atoms with van der Waals surface area (Å²) in [6.07, 6.45) is 0. The third-order valence-electron chi connectivity index (χ3n) is 14.4. The molecule has 0 amide bonds. The van der Waals surface area contributed by atoms with Gasteiger partial charge in [0.25, 0.3) is 52.6 Å². The number of azo groups is 5. The van der Waals surface area contributed by atoms with Gasteiger partial charge < -0.3 is 45.0 Å². The lowest BCUT2D eigenvalue weighted by Crippen LogP contribution is -2.29. The standard InChI is InChI=1S/C59H46N12O23S4/c1-30-18-47(51(94-29-93-28-74)27-46(30)65-67-48-25-37(95(81,82)83)20-33-21-38(96(84,85)86)26-50(75)54(33)48)66-69-56-53(98(90,91)92)22-32-2-4-35(23-42(32)59(56)78)61-68-55-40-8-12-45(58(77)41(40)9-13-49(55)70(14-16-72)15-17-73)63-60-34-5-7-39-31(19-34)3-10-44(57(39)76)64-62-43-11-6-36(71(79)80)24-52(43)97(87,88)89/h2-13,18-28,72-73,75-78H,14-17,29H2,1H3,(H,81,82,83)(H,84,85,86)(H,87,88,89)(H,90,91,92). The second-order valence-electron chi connectivity index (χ2n) is 20.6. The first-order valence-electron chi connectivity index (χ1n) is 27.6.